The Hall–Kier alpha value is -4.50. The number of nitrogens with two attached hydrogens (primary N) is 1. The Balaban J connectivity index is 1.28. The molecule has 0 spiro atoms. The number of benzene rings is 4. The lowest BCUT2D eigenvalue weighted by Gasteiger charge is -2.23. The Morgan fingerprint density at radius 2 is 1.53 bits per heavy atom. The van der Waals surface area contributed by atoms with Gasteiger partial charge in [0.1, 0.15) is 0 Å². The summed E-state index contributed by atoms with van der Waals surface area (Å²) in [7, 11) is 0. The zero-order valence-electron chi connectivity index (χ0n) is 24.7. The molecule has 7 rings (SSSR count). The zero-order valence-corrected chi connectivity index (χ0v) is 24.7. The van der Waals surface area contributed by atoms with Crippen molar-refractivity contribution in [3.8, 4) is 0 Å². The summed E-state index contributed by atoms with van der Waals surface area (Å²) >= 11 is 0. The molecule has 0 fully saturated rings. The quantitative estimate of drug-likeness (QED) is 0.182. The van der Waals surface area contributed by atoms with E-state index in [0.717, 1.165) is 37.8 Å². The minimum atomic E-state index is 0.314. The third kappa shape index (κ3) is 5.18. The van der Waals surface area contributed by atoms with Crippen molar-refractivity contribution in [3.05, 3.63) is 166 Å². The first-order valence-electron chi connectivity index (χ1n) is 15.5. The van der Waals surface area contributed by atoms with Gasteiger partial charge in [0.25, 0.3) is 0 Å². The van der Waals surface area contributed by atoms with Gasteiger partial charge in [-0.15, -0.1) is 0 Å². The molecule has 1 atom stereocenters. The molecule has 0 radical (unpaired) electrons. The van der Waals surface area contributed by atoms with Crippen LogP contribution in [0.1, 0.15) is 54.0 Å². The van der Waals surface area contributed by atoms with Crippen molar-refractivity contribution in [2.24, 2.45) is 5.73 Å². The van der Waals surface area contributed by atoms with Gasteiger partial charge in [-0.1, -0.05) is 122 Å². The highest BCUT2D eigenvalue weighted by Crippen LogP contribution is 2.38. The first-order chi connectivity index (χ1) is 21.2. The molecular formula is C41H38N2. The van der Waals surface area contributed by atoms with Crippen molar-refractivity contribution in [3.63, 3.8) is 0 Å². The second-order valence-electron chi connectivity index (χ2n) is 11.7. The van der Waals surface area contributed by atoms with Gasteiger partial charge in [0.2, 0.25) is 0 Å². The average molecular weight is 559 g/mol. The van der Waals surface area contributed by atoms with Gasteiger partial charge in [-0.05, 0) is 103 Å². The lowest BCUT2D eigenvalue weighted by Crippen LogP contribution is -2.33. The molecule has 4 aromatic rings. The maximum Gasteiger partial charge on any atom is 0.0509 e. The van der Waals surface area contributed by atoms with E-state index in [0.29, 0.717) is 12.6 Å². The summed E-state index contributed by atoms with van der Waals surface area (Å²) in [6.07, 6.45) is 17.3. The Bertz CT molecular complexity index is 1980. The second kappa shape index (κ2) is 12.0. The highest BCUT2D eigenvalue weighted by atomic mass is 14.9. The van der Waals surface area contributed by atoms with Crippen LogP contribution in [0.3, 0.4) is 0 Å². The Kier molecular flexibility index (Phi) is 7.64. The van der Waals surface area contributed by atoms with E-state index in [1.54, 1.807) is 0 Å². The maximum atomic E-state index is 6.11. The molecule has 1 unspecified atom stereocenters. The molecule has 3 N–H and O–H groups in total. The molecule has 4 aromatic carbocycles. The Morgan fingerprint density at radius 3 is 2.28 bits per heavy atom. The molecule has 3 aliphatic rings. The van der Waals surface area contributed by atoms with E-state index in [1.807, 2.05) is 12.2 Å². The largest absolute Gasteiger partial charge is 0.326 e. The van der Waals surface area contributed by atoms with Crippen LogP contribution in [0, 0.1) is 0 Å². The molecule has 212 valence electrons. The molecule has 0 aromatic heterocycles. The lowest BCUT2D eigenvalue weighted by molar-refractivity contribution is 0.712. The monoisotopic (exact) mass is 558 g/mol. The molecule has 0 saturated carbocycles. The average Bonchev–Trinajstić information content (AvgIpc) is 3.62. The molecule has 2 aliphatic carbocycles. The smallest absolute Gasteiger partial charge is 0.0509 e. The van der Waals surface area contributed by atoms with Crippen LogP contribution in [-0.2, 0) is 0 Å². The summed E-state index contributed by atoms with van der Waals surface area (Å²) in [6, 6.07) is 31.7. The number of hydrogen-bond acceptors (Lipinski definition) is 2. The van der Waals surface area contributed by atoms with Gasteiger partial charge in [0.15, 0.2) is 0 Å². The number of nitrogens with one attached hydrogen (secondary N) is 1. The fourth-order valence-corrected chi connectivity index (χ4v) is 7.16. The summed E-state index contributed by atoms with van der Waals surface area (Å²) in [5.74, 6) is 0. The lowest BCUT2D eigenvalue weighted by atomic mass is 9.81. The minimum absolute atomic E-state index is 0.314. The van der Waals surface area contributed by atoms with Crippen LogP contribution in [0.4, 0.5) is 0 Å². The first kappa shape index (κ1) is 27.3. The summed E-state index contributed by atoms with van der Waals surface area (Å²) < 4.78 is 0. The van der Waals surface area contributed by atoms with Crippen LogP contribution in [0.5, 0.6) is 0 Å². The van der Waals surface area contributed by atoms with Gasteiger partial charge in [0.05, 0.1) is 6.04 Å². The van der Waals surface area contributed by atoms with Gasteiger partial charge in [0, 0.05) is 13.1 Å². The fraction of sp³-hybridized carbons (Fsp3) is 0.171. The summed E-state index contributed by atoms with van der Waals surface area (Å²) in [4.78, 5) is 0. The third-order valence-corrected chi connectivity index (χ3v) is 9.27. The Morgan fingerprint density at radius 1 is 0.791 bits per heavy atom. The van der Waals surface area contributed by atoms with E-state index in [9.17, 15) is 0 Å². The van der Waals surface area contributed by atoms with E-state index in [2.05, 4.69) is 121 Å². The third-order valence-electron chi connectivity index (χ3n) is 9.27. The van der Waals surface area contributed by atoms with Crippen LogP contribution in [0.2, 0.25) is 0 Å². The first-order valence-corrected chi connectivity index (χ1v) is 15.5. The van der Waals surface area contributed by atoms with E-state index in [-0.39, 0.29) is 0 Å². The highest BCUT2D eigenvalue weighted by molar-refractivity contribution is 6.01. The van der Waals surface area contributed by atoms with Crippen molar-refractivity contribution >= 4 is 33.1 Å². The molecule has 0 saturated heterocycles. The molecule has 2 heteroatoms. The van der Waals surface area contributed by atoms with Crippen LogP contribution in [0.15, 0.2) is 134 Å². The zero-order chi connectivity index (χ0) is 29.2. The topological polar surface area (TPSA) is 38.0 Å². The van der Waals surface area contributed by atoms with E-state index < -0.39 is 0 Å². The summed E-state index contributed by atoms with van der Waals surface area (Å²) in [5.41, 5.74) is 18.3. The predicted molar refractivity (Wildman–Crippen MR) is 184 cm³/mol. The van der Waals surface area contributed by atoms with E-state index in [4.69, 9.17) is 5.73 Å². The molecule has 1 heterocycles. The number of hydrogen-bond donors (Lipinski definition) is 2. The van der Waals surface area contributed by atoms with E-state index >= 15 is 0 Å². The van der Waals surface area contributed by atoms with E-state index in [1.165, 1.54) is 65.8 Å². The second-order valence-corrected chi connectivity index (χ2v) is 11.7. The van der Waals surface area contributed by atoms with Crippen LogP contribution in [0.25, 0.3) is 33.1 Å². The molecule has 43 heavy (non-hydrogen) atoms. The molecule has 0 bridgehead atoms. The van der Waals surface area contributed by atoms with Crippen LogP contribution < -0.4 is 21.5 Å². The number of allylic oxidation sites excluding steroid dienone is 6. The summed E-state index contributed by atoms with van der Waals surface area (Å²) in [5, 5.41) is 8.88. The fourth-order valence-electron chi connectivity index (χ4n) is 7.16. The minimum Gasteiger partial charge on any atom is -0.326 e. The van der Waals surface area contributed by atoms with Crippen molar-refractivity contribution < 1.29 is 0 Å². The maximum absolute atomic E-state index is 6.11. The van der Waals surface area contributed by atoms with Crippen molar-refractivity contribution in [2.45, 2.75) is 31.7 Å². The van der Waals surface area contributed by atoms with Gasteiger partial charge >= 0.3 is 0 Å². The van der Waals surface area contributed by atoms with Crippen LogP contribution in [-0.4, -0.2) is 13.1 Å². The highest BCUT2D eigenvalue weighted by Gasteiger charge is 2.20. The predicted octanol–water partition coefficient (Wildman–Crippen LogP) is 7.52. The van der Waals surface area contributed by atoms with Crippen molar-refractivity contribution in [1.82, 2.24) is 5.32 Å². The van der Waals surface area contributed by atoms with Crippen molar-refractivity contribution in [2.75, 3.05) is 13.1 Å². The van der Waals surface area contributed by atoms with Gasteiger partial charge in [-0.25, -0.2) is 0 Å². The van der Waals surface area contributed by atoms with Gasteiger partial charge in [-0.2, -0.15) is 0 Å². The van der Waals surface area contributed by atoms with Crippen molar-refractivity contribution in [1.29, 1.82) is 0 Å². The summed E-state index contributed by atoms with van der Waals surface area (Å²) in [6.45, 7) is 5.32. The molecular weight excluding hydrogens is 520 g/mol. The van der Waals surface area contributed by atoms with Gasteiger partial charge < -0.3 is 11.1 Å². The van der Waals surface area contributed by atoms with Crippen LogP contribution >= 0.6 is 0 Å². The normalized spacial score (nSPS) is 18.4. The molecule has 2 nitrogen and oxygen atoms in total. The standard InChI is InChI=1S/C41H38N2/c1-2-9-32(27-42)36-24-22-34(38-13-4-6-15-40(36)38)29-19-17-28(18-20-29)33-21-23-35(39-14-5-3-12-37(33)39)30-10-7-11-31(26-30)41-16-8-25-43-41/h2-17,19,22,24,26,41,43H,1,18,20-21,23,25,27,42H2/b32-9+. The SMILES string of the molecule is C=C/C=C(\CN)c1ccc(C2=CC=C(C3=c4ccccc4=C(c4cccc(C5C=CCN5)c4)CC3)CC2)c2ccccc12. The Labute approximate surface area is 254 Å². The molecule has 0 amide bonds. The number of rotatable bonds is 7. The van der Waals surface area contributed by atoms with Gasteiger partial charge in [-0.3, -0.25) is 0 Å². The molecule has 1 aliphatic heterocycles. The number of fused-ring (bicyclic) bond motifs is 2.